The van der Waals surface area contributed by atoms with Crippen molar-refractivity contribution in [2.45, 2.75) is 44.8 Å². The van der Waals surface area contributed by atoms with Crippen molar-refractivity contribution in [1.29, 1.82) is 0 Å². The van der Waals surface area contributed by atoms with Crippen LogP contribution in [-0.4, -0.2) is 24.3 Å². The van der Waals surface area contributed by atoms with Crippen molar-refractivity contribution in [2.24, 2.45) is 5.92 Å². The van der Waals surface area contributed by atoms with Gasteiger partial charge in [-0.3, -0.25) is 4.79 Å². The van der Waals surface area contributed by atoms with Crippen molar-refractivity contribution in [1.82, 2.24) is 0 Å². The molecule has 2 rings (SSSR count). The van der Waals surface area contributed by atoms with E-state index in [1.165, 1.54) is 0 Å². The highest BCUT2D eigenvalue weighted by molar-refractivity contribution is 5.70. The van der Waals surface area contributed by atoms with Gasteiger partial charge in [0.15, 0.2) is 0 Å². The van der Waals surface area contributed by atoms with E-state index in [1.807, 2.05) is 6.92 Å². The summed E-state index contributed by atoms with van der Waals surface area (Å²) < 4.78 is 10.5. The molecule has 0 radical (unpaired) electrons. The molecule has 3 heteroatoms. The van der Waals surface area contributed by atoms with Crippen LogP contribution in [-0.2, 0) is 14.3 Å². The predicted molar refractivity (Wildman–Crippen MR) is 47.3 cm³/mol. The third-order valence-electron chi connectivity index (χ3n) is 3.13. The molecule has 0 N–H and O–H groups in total. The third kappa shape index (κ3) is 1.85. The molecule has 0 aromatic heterocycles. The molecule has 0 aromatic carbocycles. The summed E-state index contributed by atoms with van der Waals surface area (Å²) in [6.07, 6.45) is 2.62. The van der Waals surface area contributed by atoms with Crippen LogP contribution in [0.2, 0.25) is 0 Å². The Hall–Kier alpha value is -0.570. The number of cyclic esters (lactones) is 1. The quantitative estimate of drug-likeness (QED) is 0.458. The Morgan fingerprint density at radius 1 is 1.46 bits per heavy atom. The zero-order valence-electron chi connectivity index (χ0n) is 8.21. The highest BCUT2D eigenvalue weighted by atomic mass is 16.6. The van der Waals surface area contributed by atoms with Crippen LogP contribution in [0.15, 0.2) is 0 Å². The van der Waals surface area contributed by atoms with Crippen LogP contribution in [0.3, 0.4) is 0 Å². The second-order valence-electron chi connectivity index (χ2n) is 4.38. The molecule has 0 amide bonds. The highest BCUT2D eigenvalue weighted by Crippen LogP contribution is 2.41. The van der Waals surface area contributed by atoms with Crippen molar-refractivity contribution < 1.29 is 14.3 Å². The van der Waals surface area contributed by atoms with Crippen LogP contribution in [0.4, 0.5) is 0 Å². The van der Waals surface area contributed by atoms with Gasteiger partial charge in [0.25, 0.3) is 0 Å². The minimum Gasteiger partial charge on any atom is -0.463 e. The third-order valence-corrected chi connectivity index (χ3v) is 3.13. The van der Waals surface area contributed by atoms with Crippen LogP contribution in [0, 0.1) is 5.92 Å². The molecule has 74 valence electrons. The monoisotopic (exact) mass is 184 g/mol. The Kier molecular flexibility index (Phi) is 2.06. The van der Waals surface area contributed by atoms with E-state index in [4.69, 9.17) is 9.47 Å². The summed E-state index contributed by atoms with van der Waals surface area (Å²) in [7, 11) is 0. The van der Waals surface area contributed by atoms with E-state index in [9.17, 15) is 4.79 Å². The first-order valence-electron chi connectivity index (χ1n) is 4.93. The zero-order valence-corrected chi connectivity index (χ0v) is 8.21. The minimum atomic E-state index is -0.0632. The maximum Gasteiger partial charge on any atom is 0.306 e. The fourth-order valence-corrected chi connectivity index (χ4v) is 1.94. The van der Waals surface area contributed by atoms with E-state index >= 15 is 0 Å². The van der Waals surface area contributed by atoms with Gasteiger partial charge in [0, 0.05) is 5.92 Å². The van der Waals surface area contributed by atoms with Gasteiger partial charge in [0.05, 0.1) is 24.7 Å². The number of carbonyl (C=O) groups excluding carboxylic acids is 1. The Labute approximate surface area is 78.4 Å². The smallest absolute Gasteiger partial charge is 0.306 e. The molecule has 3 unspecified atom stereocenters. The van der Waals surface area contributed by atoms with Gasteiger partial charge >= 0.3 is 5.97 Å². The Morgan fingerprint density at radius 2 is 2.15 bits per heavy atom. The number of epoxide rings is 1. The van der Waals surface area contributed by atoms with Crippen LogP contribution < -0.4 is 0 Å². The van der Waals surface area contributed by atoms with Gasteiger partial charge in [-0.05, 0) is 26.7 Å². The van der Waals surface area contributed by atoms with E-state index in [2.05, 4.69) is 6.92 Å². The van der Waals surface area contributed by atoms with Crippen molar-refractivity contribution in [2.75, 3.05) is 6.61 Å². The molecule has 2 heterocycles. The van der Waals surface area contributed by atoms with Crippen molar-refractivity contribution >= 4 is 5.97 Å². The lowest BCUT2D eigenvalue weighted by atomic mass is 9.87. The van der Waals surface area contributed by atoms with Gasteiger partial charge < -0.3 is 9.47 Å². The summed E-state index contributed by atoms with van der Waals surface area (Å²) in [5.74, 6) is 0.302. The first kappa shape index (κ1) is 9.00. The topological polar surface area (TPSA) is 38.8 Å². The lowest BCUT2D eigenvalue weighted by molar-refractivity contribution is -0.147. The van der Waals surface area contributed by atoms with Crippen LogP contribution >= 0.6 is 0 Å². The normalized spacial score (nSPS) is 45.2. The van der Waals surface area contributed by atoms with Gasteiger partial charge in [0.2, 0.25) is 0 Å². The van der Waals surface area contributed by atoms with E-state index in [-0.39, 0.29) is 17.7 Å². The average Bonchev–Trinajstić information content (AvgIpc) is 2.78. The van der Waals surface area contributed by atoms with Gasteiger partial charge in [-0.2, -0.15) is 0 Å². The number of carbonyl (C=O) groups is 1. The fourth-order valence-electron chi connectivity index (χ4n) is 1.94. The molecule has 2 fully saturated rings. The SMILES string of the molecule is CC1CCC(C2(C)CO2)CC(=O)O1. The summed E-state index contributed by atoms with van der Waals surface area (Å²) in [4.78, 5) is 11.3. The molecule has 3 atom stereocenters. The second-order valence-corrected chi connectivity index (χ2v) is 4.38. The minimum absolute atomic E-state index is 0.0247. The molecule has 0 bridgehead atoms. The second kappa shape index (κ2) is 2.98. The van der Waals surface area contributed by atoms with Crippen molar-refractivity contribution in [3.63, 3.8) is 0 Å². The summed E-state index contributed by atoms with van der Waals surface area (Å²) in [5, 5.41) is 0. The molecule has 3 nitrogen and oxygen atoms in total. The van der Waals surface area contributed by atoms with Crippen LogP contribution in [0.5, 0.6) is 0 Å². The predicted octanol–water partition coefficient (Wildman–Crippen LogP) is 1.51. The van der Waals surface area contributed by atoms with E-state index in [1.54, 1.807) is 0 Å². The highest BCUT2D eigenvalue weighted by Gasteiger charge is 2.48. The summed E-state index contributed by atoms with van der Waals surface area (Å²) in [6, 6.07) is 0. The maximum atomic E-state index is 11.3. The van der Waals surface area contributed by atoms with Gasteiger partial charge in [-0.25, -0.2) is 0 Å². The van der Waals surface area contributed by atoms with Crippen LogP contribution in [0.25, 0.3) is 0 Å². The summed E-state index contributed by atoms with van der Waals surface area (Å²) in [6.45, 7) is 4.84. The summed E-state index contributed by atoms with van der Waals surface area (Å²) in [5.41, 5.74) is -0.0247. The van der Waals surface area contributed by atoms with E-state index in [0.717, 1.165) is 19.4 Å². The average molecular weight is 184 g/mol. The first-order chi connectivity index (χ1) is 6.10. The first-order valence-corrected chi connectivity index (χ1v) is 4.93. The molecule has 0 spiro atoms. The Bertz CT molecular complexity index is 220. The fraction of sp³-hybridized carbons (Fsp3) is 0.900. The Balaban J connectivity index is 2.01. The number of esters is 1. The van der Waals surface area contributed by atoms with Gasteiger partial charge in [-0.1, -0.05) is 0 Å². The molecular formula is C10H16O3. The Morgan fingerprint density at radius 3 is 2.77 bits per heavy atom. The number of ether oxygens (including phenoxy) is 2. The zero-order chi connectivity index (χ0) is 9.47. The molecule has 0 saturated carbocycles. The lowest BCUT2D eigenvalue weighted by Crippen LogP contribution is -2.22. The molecule has 0 aromatic rings. The molecule has 0 aliphatic carbocycles. The van der Waals surface area contributed by atoms with E-state index < -0.39 is 0 Å². The molecule has 2 saturated heterocycles. The molecule has 13 heavy (non-hydrogen) atoms. The van der Waals surface area contributed by atoms with Crippen molar-refractivity contribution in [3.8, 4) is 0 Å². The number of hydrogen-bond donors (Lipinski definition) is 0. The number of hydrogen-bond acceptors (Lipinski definition) is 3. The standard InChI is InChI=1S/C10H16O3/c1-7-3-4-8(5-9(11)13-7)10(2)6-12-10/h7-8H,3-6H2,1-2H3. The molecule has 2 aliphatic rings. The maximum absolute atomic E-state index is 11.3. The summed E-state index contributed by atoms with van der Waals surface area (Å²) >= 11 is 0. The van der Waals surface area contributed by atoms with Gasteiger partial charge in [-0.15, -0.1) is 0 Å². The van der Waals surface area contributed by atoms with E-state index in [0.29, 0.717) is 12.3 Å². The van der Waals surface area contributed by atoms with Crippen molar-refractivity contribution in [3.05, 3.63) is 0 Å². The number of rotatable bonds is 1. The lowest BCUT2D eigenvalue weighted by Gasteiger charge is -2.15. The largest absolute Gasteiger partial charge is 0.463 e. The molecular weight excluding hydrogens is 168 g/mol. The van der Waals surface area contributed by atoms with Gasteiger partial charge in [0.1, 0.15) is 0 Å². The molecule has 2 aliphatic heterocycles. The van der Waals surface area contributed by atoms with Crippen LogP contribution in [0.1, 0.15) is 33.1 Å².